The number of aliphatic hydroxyl groups excluding tert-OH is 1. The Morgan fingerprint density at radius 3 is 2.22 bits per heavy atom. The minimum Gasteiger partial charge on any atom is -0.463 e. The fourth-order valence-electron chi connectivity index (χ4n) is 2.51. The Balaban J connectivity index is 2.78. The summed E-state index contributed by atoms with van der Waals surface area (Å²) in [5.41, 5.74) is -1.45. The van der Waals surface area contributed by atoms with Crippen LogP contribution in [0.5, 0.6) is 0 Å². The van der Waals surface area contributed by atoms with Crippen LogP contribution >= 0.6 is 0 Å². The van der Waals surface area contributed by atoms with E-state index in [2.05, 4.69) is 4.89 Å². The van der Waals surface area contributed by atoms with Gasteiger partial charge in [0.2, 0.25) is 0 Å². The second kappa shape index (κ2) is 4.79. The van der Waals surface area contributed by atoms with Gasteiger partial charge in [-0.05, 0) is 33.1 Å². The van der Waals surface area contributed by atoms with Crippen LogP contribution in [-0.4, -0.2) is 34.1 Å². The summed E-state index contributed by atoms with van der Waals surface area (Å²) in [6.45, 7) is 10.5. The fraction of sp³-hybridized carbons (Fsp3) is 0.923. The van der Waals surface area contributed by atoms with E-state index in [1.165, 1.54) is 0 Å². The molecular formula is C13H24O5. The van der Waals surface area contributed by atoms with Gasteiger partial charge in [-0.1, -0.05) is 13.8 Å². The summed E-state index contributed by atoms with van der Waals surface area (Å²) in [5.74, 6) is -0.928. The topological polar surface area (TPSA) is 76.0 Å². The summed E-state index contributed by atoms with van der Waals surface area (Å²) in [6.07, 6.45) is -1.10. The first-order valence-electron chi connectivity index (χ1n) is 6.26. The molecule has 2 N–H and O–H groups in total. The van der Waals surface area contributed by atoms with Crippen LogP contribution in [0.1, 0.15) is 41.5 Å². The molecule has 18 heavy (non-hydrogen) atoms. The van der Waals surface area contributed by atoms with Crippen molar-refractivity contribution in [1.82, 2.24) is 0 Å². The van der Waals surface area contributed by atoms with Gasteiger partial charge in [-0.2, -0.15) is 0 Å². The number of carbonyl (C=O) groups excluding carboxylic acids is 1. The molecule has 3 atom stereocenters. The molecule has 1 aliphatic rings. The van der Waals surface area contributed by atoms with Gasteiger partial charge < -0.3 is 9.84 Å². The third kappa shape index (κ3) is 2.68. The van der Waals surface area contributed by atoms with Crippen molar-refractivity contribution in [2.24, 2.45) is 17.3 Å². The summed E-state index contributed by atoms with van der Waals surface area (Å²) in [7, 11) is 0. The van der Waals surface area contributed by atoms with Gasteiger partial charge >= 0.3 is 5.97 Å². The molecule has 1 fully saturated rings. The molecule has 5 nitrogen and oxygen atoms in total. The van der Waals surface area contributed by atoms with Gasteiger partial charge in [0.25, 0.3) is 0 Å². The zero-order valence-corrected chi connectivity index (χ0v) is 11.9. The Morgan fingerprint density at radius 1 is 1.33 bits per heavy atom. The Hall–Kier alpha value is -0.650. The lowest BCUT2D eigenvalue weighted by atomic mass is 9.93. The van der Waals surface area contributed by atoms with Gasteiger partial charge in [-0.15, -0.1) is 0 Å². The maximum absolute atomic E-state index is 11.9. The molecule has 3 unspecified atom stereocenters. The quantitative estimate of drug-likeness (QED) is 0.448. The highest BCUT2D eigenvalue weighted by Gasteiger charge is 2.67. The Morgan fingerprint density at radius 2 is 1.83 bits per heavy atom. The van der Waals surface area contributed by atoms with Crippen LogP contribution in [0.25, 0.3) is 0 Å². The number of hydrogen-bond donors (Lipinski definition) is 2. The van der Waals surface area contributed by atoms with Crippen LogP contribution in [0, 0.1) is 17.3 Å². The van der Waals surface area contributed by atoms with Gasteiger partial charge in [0.15, 0.2) is 0 Å². The predicted molar refractivity (Wildman–Crippen MR) is 65.8 cm³/mol. The van der Waals surface area contributed by atoms with Crippen LogP contribution in [0.4, 0.5) is 0 Å². The highest BCUT2D eigenvalue weighted by Crippen LogP contribution is 2.61. The van der Waals surface area contributed by atoms with Crippen LogP contribution in [0.2, 0.25) is 0 Å². The Kier molecular flexibility index (Phi) is 4.10. The van der Waals surface area contributed by atoms with Crippen LogP contribution < -0.4 is 0 Å². The normalized spacial score (nSPS) is 28.1. The van der Waals surface area contributed by atoms with Crippen LogP contribution in [0.15, 0.2) is 0 Å². The second-order valence-electron chi connectivity index (χ2n) is 6.45. The average molecular weight is 260 g/mol. The third-order valence-electron chi connectivity index (χ3n) is 3.80. The second-order valence-corrected chi connectivity index (χ2v) is 6.45. The lowest BCUT2D eigenvalue weighted by Crippen LogP contribution is -2.41. The molecule has 0 radical (unpaired) electrons. The van der Waals surface area contributed by atoms with Crippen molar-refractivity contribution in [3.8, 4) is 0 Å². The largest absolute Gasteiger partial charge is 0.463 e. The molecule has 0 aliphatic heterocycles. The van der Waals surface area contributed by atoms with E-state index in [1.54, 1.807) is 27.7 Å². The van der Waals surface area contributed by atoms with Crippen molar-refractivity contribution >= 4 is 5.97 Å². The molecule has 0 bridgehead atoms. The molecule has 0 amide bonds. The highest BCUT2D eigenvalue weighted by molar-refractivity contribution is 5.78. The molecule has 0 spiro atoms. The molecule has 1 aliphatic carbocycles. The molecule has 0 heterocycles. The van der Waals surface area contributed by atoms with Gasteiger partial charge in [-0.3, -0.25) is 10.1 Å². The number of carbonyl (C=O) groups is 1. The van der Waals surface area contributed by atoms with Gasteiger partial charge in [0.05, 0.1) is 18.1 Å². The van der Waals surface area contributed by atoms with E-state index in [-0.39, 0.29) is 29.3 Å². The summed E-state index contributed by atoms with van der Waals surface area (Å²) >= 11 is 0. The molecule has 106 valence electrons. The molecule has 0 aromatic heterocycles. The Labute approximate surface area is 108 Å². The van der Waals surface area contributed by atoms with Crippen molar-refractivity contribution in [3.63, 3.8) is 0 Å². The smallest absolute Gasteiger partial charge is 0.310 e. The number of ether oxygens (including phenoxy) is 1. The number of esters is 1. The predicted octanol–water partition coefficient (Wildman–Crippen LogP) is 1.84. The first-order valence-corrected chi connectivity index (χ1v) is 6.26. The maximum Gasteiger partial charge on any atom is 0.310 e. The SMILES string of the molecule is CC(C)OC(=O)C1C(C(O)C(C)(C)OO)C1(C)C. The van der Waals surface area contributed by atoms with E-state index in [0.717, 1.165) is 0 Å². The minimum absolute atomic E-state index is 0.172. The monoisotopic (exact) mass is 260 g/mol. The average Bonchev–Trinajstić information content (AvgIpc) is 2.79. The van der Waals surface area contributed by atoms with E-state index in [1.807, 2.05) is 13.8 Å². The number of rotatable bonds is 5. The minimum atomic E-state index is -1.10. The van der Waals surface area contributed by atoms with Crippen molar-refractivity contribution < 1.29 is 24.8 Å². The lowest BCUT2D eigenvalue weighted by molar-refractivity contribution is -0.336. The number of hydrogen-bond acceptors (Lipinski definition) is 5. The molecule has 0 aromatic carbocycles. The maximum atomic E-state index is 11.9. The van der Waals surface area contributed by atoms with Gasteiger partial charge in [0, 0.05) is 5.92 Å². The first-order chi connectivity index (χ1) is 8.05. The zero-order chi connectivity index (χ0) is 14.3. The van der Waals surface area contributed by atoms with E-state index >= 15 is 0 Å². The molecule has 5 heteroatoms. The van der Waals surface area contributed by atoms with Gasteiger partial charge in [0.1, 0.15) is 5.60 Å². The number of aliphatic hydroxyl groups is 1. The summed E-state index contributed by atoms with van der Waals surface area (Å²) in [6, 6.07) is 0. The molecule has 0 aromatic rings. The van der Waals surface area contributed by atoms with Crippen molar-refractivity contribution in [3.05, 3.63) is 0 Å². The van der Waals surface area contributed by atoms with Gasteiger partial charge in [-0.25, -0.2) is 4.89 Å². The van der Waals surface area contributed by atoms with E-state index in [4.69, 9.17) is 9.99 Å². The highest BCUT2D eigenvalue weighted by atomic mass is 17.1. The zero-order valence-electron chi connectivity index (χ0n) is 11.9. The lowest BCUT2D eigenvalue weighted by Gasteiger charge is -2.27. The van der Waals surface area contributed by atoms with Crippen LogP contribution in [-0.2, 0) is 14.4 Å². The van der Waals surface area contributed by atoms with Crippen molar-refractivity contribution in [2.75, 3.05) is 0 Å². The first kappa shape index (κ1) is 15.4. The standard InChI is InChI=1S/C13H24O5/c1-7(2)17-11(15)9-8(12(9,3)4)10(14)13(5,6)18-16/h7-10,14,16H,1-6H3. The summed E-state index contributed by atoms with van der Waals surface area (Å²) in [5, 5.41) is 19.0. The van der Waals surface area contributed by atoms with Crippen molar-refractivity contribution in [1.29, 1.82) is 0 Å². The van der Waals surface area contributed by atoms with E-state index < -0.39 is 11.7 Å². The summed E-state index contributed by atoms with van der Waals surface area (Å²) in [4.78, 5) is 16.2. The molecular weight excluding hydrogens is 236 g/mol. The van der Waals surface area contributed by atoms with E-state index in [0.29, 0.717) is 0 Å². The van der Waals surface area contributed by atoms with Crippen molar-refractivity contribution in [2.45, 2.75) is 59.4 Å². The molecule has 1 rings (SSSR count). The summed E-state index contributed by atoms with van der Waals surface area (Å²) < 4.78 is 5.18. The Bertz CT molecular complexity index is 321. The molecule has 0 saturated heterocycles. The third-order valence-corrected chi connectivity index (χ3v) is 3.80. The van der Waals surface area contributed by atoms with Crippen LogP contribution in [0.3, 0.4) is 0 Å². The fourth-order valence-corrected chi connectivity index (χ4v) is 2.51. The van der Waals surface area contributed by atoms with E-state index in [9.17, 15) is 9.90 Å². The molecule has 1 saturated carbocycles.